The lowest BCUT2D eigenvalue weighted by Gasteiger charge is -2.17. The molecule has 0 saturated heterocycles. The standard InChI is InChI=1S/C16H11F6OP/c1-2-24(23,13-7-3-11(4-8-13)15(17,18)19)14-9-5-12(6-10-14)16(20,21)22/h2-10H,1H2. The fourth-order valence-corrected chi connectivity index (χ4v) is 4.01. The maximum absolute atomic E-state index is 13.0. The number of halogens is 6. The highest BCUT2D eigenvalue weighted by Gasteiger charge is 2.33. The van der Waals surface area contributed by atoms with Crippen molar-refractivity contribution in [1.82, 2.24) is 0 Å². The van der Waals surface area contributed by atoms with E-state index in [1.54, 1.807) is 0 Å². The van der Waals surface area contributed by atoms with Crippen LogP contribution < -0.4 is 10.6 Å². The Morgan fingerprint density at radius 3 is 1.21 bits per heavy atom. The maximum atomic E-state index is 13.0. The molecule has 0 spiro atoms. The van der Waals surface area contributed by atoms with Crippen LogP contribution in [0.15, 0.2) is 60.9 Å². The second kappa shape index (κ2) is 6.13. The van der Waals surface area contributed by atoms with E-state index in [0.29, 0.717) is 0 Å². The largest absolute Gasteiger partial charge is 0.416 e. The van der Waals surface area contributed by atoms with Gasteiger partial charge in [0.05, 0.1) is 11.1 Å². The molecule has 0 N–H and O–H groups in total. The summed E-state index contributed by atoms with van der Waals surface area (Å²) in [7, 11) is -3.52. The molecule has 0 atom stereocenters. The first-order chi connectivity index (χ1) is 11.0. The van der Waals surface area contributed by atoms with Crippen molar-refractivity contribution in [2.24, 2.45) is 0 Å². The number of alkyl halides is 6. The maximum Gasteiger partial charge on any atom is 0.416 e. The van der Waals surface area contributed by atoms with E-state index in [0.717, 1.165) is 54.3 Å². The van der Waals surface area contributed by atoms with Crippen molar-refractivity contribution in [2.45, 2.75) is 12.4 Å². The van der Waals surface area contributed by atoms with Crippen LogP contribution in [-0.2, 0) is 16.9 Å². The van der Waals surface area contributed by atoms with Crippen molar-refractivity contribution in [3.05, 3.63) is 72.1 Å². The zero-order valence-corrected chi connectivity index (χ0v) is 12.9. The molecular formula is C16H11F6OP. The summed E-state index contributed by atoms with van der Waals surface area (Å²) < 4.78 is 88.5. The number of hydrogen-bond acceptors (Lipinski definition) is 1. The lowest BCUT2D eigenvalue weighted by atomic mass is 10.2. The minimum absolute atomic E-state index is 0.0604. The highest BCUT2D eigenvalue weighted by atomic mass is 31.2. The van der Waals surface area contributed by atoms with E-state index in [2.05, 4.69) is 6.58 Å². The summed E-state index contributed by atoms with van der Waals surface area (Å²) in [4.78, 5) is 0. The summed E-state index contributed by atoms with van der Waals surface area (Å²) in [6.07, 6.45) is -9.07. The second-order valence-electron chi connectivity index (χ2n) is 4.93. The van der Waals surface area contributed by atoms with E-state index in [1.165, 1.54) is 0 Å². The van der Waals surface area contributed by atoms with Gasteiger partial charge in [-0.25, -0.2) is 0 Å². The van der Waals surface area contributed by atoms with Gasteiger partial charge in [-0.1, -0.05) is 30.8 Å². The second-order valence-corrected chi connectivity index (χ2v) is 7.64. The fraction of sp³-hybridized carbons (Fsp3) is 0.125. The predicted molar refractivity (Wildman–Crippen MR) is 80.0 cm³/mol. The smallest absolute Gasteiger partial charge is 0.309 e. The SMILES string of the molecule is C=CP(=O)(c1ccc(C(F)(F)F)cc1)c1ccc(C(F)(F)F)cc1. The molecule has 0 aromatic heterocycles. The third-order valence-electron chi connectivity index (χ3n) is 3.41. The Hall–Kier alpha value is -2.01. The summed E-state index contributed by atoms with van der Waals surface area (Å²) in [5.41, 5.74) is -1.82. The van der Waals surface area contributed by atoms with Gasteiger partial charge >= 0.3 is 12.4 Å². The Morgan fingerprint density at radius 1 is 0.708 bits per heavy atom. The molecule has 0 saturated carbocycles. The third-order valence-corrected chi connectivity index (χ3v) is 6.06. The molecule has 8 heteroatoms. The van der Waals surface area contributed by atoms with Crippen molar-refractivity contribution in [3.63, 3.8) is 0 Å². The molecule has 2 rings (SSSR count). The van der Waals surface area contributed by atoms with E-state index >= 15 is 0 Å². The zero-order chi connectivity index (χ0) is 18.2. The highest BCUT2D eigenvalue weighted by molar-refractivity contribution is 7.81. The van der Waals surface area contributed by atoms with Crippen LogP contribution in [0.5, 0.6) is 0 Å². The van der Waals surface area contributed by atoms with Gasteiger partial charge in [-0.3, -0.25) is 0 Å². The van der Waals surface area contributed by atoms with Gasteiger partial charge < -0.3 is 4.57 Å². The number of benzene rings is 2. The average molecular weight is 364 g/mol. The molecule has 1 nitrogen and oxygen atoms in total. The topological polar surface area (TPSA) is 17.1 Å². The normalized spacial score (nSPS) is 12.9. The van der Waals surface area contributed by atoms with Gasteiger partial charge in [0.15, 0.2) is 7.14 Å². The van der Waals surface area contributed by atoms with Crippen molar-refractivity contribution >= 4 is 17.8 Å². The molecule has 2 aromatic carbocycles. The van der Waals surface area contributed by atoms with Crippen LogP contribution >= 0.6 is 7.14 Å². The molecule has 0 aliphatic carbocycles. The van der Waals surface area contributed by atoms with Crippen LogP contribution in [0.25, 0.3) is 0 Å². The van der Waals surface area contributed by atoms with Gasteiger partial charge in [0.1, 0.15) is 0 Å². The zero-order valence-electron chi connectivity index (χ0n) is 12.0. The van der Waals surface area contributed by atoms with E-state index in [4.69, 9.17) is 0 Å². The Kier molecular flexibility index (Phi) is 4.68. The lowest BCUT2D eigenvalue weighted by molar-refractivity contribution is -0.138. The van der Waals surface area contributed by atoms with E-state index in [-0.39, 0.29) is 10.6 Å². The van der Waals surface area contributed by atoms with Gasteiger partial charge in [-0.15, -0.1) is 0 Å². The molecule has 0 radical (unpaired) electrons. The molecule has 0 unspecified atom stereocenters. The monoisotopic (exact) mass is 364 g/mol. The van der Waals surface area contributed by atoms with E-state index < -0.39 is 30.6 Å². The van der Waals surface area contributed by atoms with Crippen molar-refractivity contribution in [2.75, 3.05) is 0 Å². The van der Waals surface area contributed by atoms with Gasteiger partial charge in [0.2, 0.25) is 0 Å². The molecule has 0 bridgehead atoms. The third kappa shape index (κ3) is 3.56. The van der Waals surface area contributed by atoms with Gasteiger partial charge in [-0.2, -0.15) is 26.3 Å². The molecule has 0 heterocycles. The summed E-state index contributed by atoms with van der Waals surface area (Å²) in [6, 6.07) is 7.27. The predicted octanol–water partition coefficient (Wildman–Crippen LogP) is 5.18. The van der Waals surface area contributed by atoms with Crippen LogP contribution in [-0.4, -0.2) is 0 Å². The molecule has 0 aliphatic heterocycles. The van der Waals surface area contributed by atoms with Crippen molar-refractivity contribution in [1.29, 1.82) is 0 Å². The summed E-state index contributed by atoms with van der Waals surface area (Å²) >= 11 is 0. The fourth-order valence-electron chi connectivity index (χ4n) is 2.10. The average Bonchev–Trinajstić information content (AvgIpc) is 2.53. The minimum atomic E-state index is -4.54. The minimum Gasteiger partial charge on any atom is -0.309 e. The first-order valence-corrected chi connectivity index (χ1v) is 8.35. The molecule has 0 fully saturated rings. The van der Waals surface area contributed by atoms with Crippen molar-refractivity contribution in [3.8, 4) is 0 Å². The van der Waals surface area contributed by atoms with E-state index in [1.807, 2.05) is 0 Å². The van der Waals surface area contributed by atoms with Crippen LogP contribution in [0.4, 0.5) is 26.3 Å². The number of rotatable bonds is 3. The quantitative estimate of drug-likeness (QED) is 0.542. The van der Waals surface area contributed by atoms with Crippen LogP contribution in [0.1, 0.15) is 11.1 Å². The first kappa shape index (κ1) is 18.3. The molecule has 2 aromatic rings. The molecular weight excluding hydrogens is 353 g/mol. The Balaban J connectivity index is 2.45. The summed E-state index contributed by atoms with van der Waals surface area (Å²) in [6.45, 7) is 3.42. The van der Waals surface area contributed by atoms with Crippen LogP contribution in [0.3, 0.4) is 0 Å². The van der Waals surface area contributed by atoms with Gasteiger partial charge in [0, 0.05) is 10.6 Å². The molecule has 0 aliphatic rings. The molecule has 24 heavy (non-hydrogen) atoms. The van der Waals surface area contributed by atoms with Crippen LogP contribution in [0.2, 0.25) is 0 Å². The Morgan fingerprint density at radius 2 is 1.00 bits per heavy atom. The highest BCUT2D eigenvalue weighted by Crippen LogP contribution is 2.45. The first-order valence-electron chi connectivity index (χ1n) is 6.57. The Labute approximate surface area is 134 Å². The molecule has 128 valence electrons. The van der Waals surface area contributed by atoms with Gasteiger partial charge in [-0.05, 0) is 30.1 Å². The van der Waals surface area contributed by atoms with Gasteiger partial charge in [0.25, 0.3) is 0 Å². The number of hydrogen-bond donors (Lipinski definition) is 0. The Bertz CT molecular complexity index is 711. The van der Waals surface area contributed by atoms with Crippen LogP contribution in [0, 0.1) is 0 Å². The molecule has 0 amide bonds. The van der Waals surface area contributed by atoms with E-state index in [9.17, 15) is 30.9 Å². The van der Waals surface area contributed by atoms with Crippen molar-refractivity contribution < 1.29 is 30.9 Å². The summed E-state index contributed by atoms with van der Waals surface area (Å²) in [5, 5.41) is 0.121. The lowest BCUT2D eigenvalue weighted by Crippen LogP contribution is -2.16. The summed E-state index contributed by atoms with van der Waals surface area (Å²) in [5.74, 6) is 1.05.